The van der Waals surface area contributed by atoms with Gasteiger partial charge in [0.2, 0.25) is 5.95 Å². The van der Waals surface area contributed by atoms with Crippen molar-refractivity contribution < 1.29 is 19.7 Å². The lowest BCUT2D eigenvalue weighted by molar-refractivity contribution is -0.161. The van der Waals surface area contributed by atoms with E-state index in [2.05, 4.69) is 46.7 Å². The minimum Gasteiger partial charge on any atom is -0.506 e. The minimum absolute atomic E-state index is 0.0612. The fourth-order valence-corrected chi connectivity index (χ4v) is 5.13. The molecule has 8 nitrogen and oxygen atoms in total. The Morgan fingerprint density at radius 1 is 1.16 bits per heavy atom. The van der Waals surface area contributed by atoms with Crippen molar-refractivity contribution >= 4 is 60.7 Å². The van der Waals surface area contributed by atoms with Gasteiger partial charge in [-0.15, -0.1) is 0 Å². The number of halogens is 2. The van der Waals surface area contributed by atoms with Gasteiger partial charge in [-0.05, 0) is 62.5 Å². The predicted molar refractivity (Wildman–Crippen MR) is 125 cm³/mol. The number of aliphatic imine (C=N–C) groups is 1. The van der Waals surface area contributed by atoms with Crippen molar-refractivity contribution in [2.45, 2.75) is 18.6 Å². The number of phenols is 2. The SMILES string of the molecule is Oc1c(Br)cc(C=Nc2ccc3nc(N4CCCC5(C4)OCCO5)[nH]c3c2)c(O)c1Br. The normalized spacial score (nSPS) is 18.6. The molecule has 10 heteroatoms. The van der Waals surface area contributed by atoms with Crippen molar-refractivity contribution in [1.29, 1.82) is 0 Å². The Bertz CT molecular complexity index is 1170. The lowest BCUT2D eigenvalue weighted by Crippen LogP contribution is -2.49. The van der Waals surface area contributed by atoms with Gasteiger partial charge in [0.15, 0.2) is 5.79 Å². The molecule has 0 atom stereocenters. The third-order valence-corrected chi connectivity index (χ3v) is 6.89. The van der Waals surface area contributed by atoms with Crippen LogP contribution in [0.4, 0.5) is 11.6 Å². The van der Waals surface area contributed by atoms with Crippen LogP contribution in [0.1, 0.15) is 18.4 Å². The van der Waals surface area contributed by atoms with Gasteiger partial charge in [-0.3, -0.25) is 4.99 Å². The molecule has 0 amide bonds. The van der Waals surface area contributed by atoms with E-state index in [1.54, 1.807) is 12.3 Å². The van der Waals surface area contributed by atoms with Crippen LogP contribution in [0.3, 0.4) is 0 Å². The third-order valence-electron chi connectivity index (χ3n) is 5.53. The van der Waals surface area contributed by atoms with Gasteiger partial charge in [0.05, 0.1) is 41.0 Å². The van der Waals surface area contributed by atoms with Gasteiger partial charge in [0.1, 0.15) is 16.0 Å². The number of ether oxygens (including phenoxy) is 2. The number of rotatable bonds is 3. The van der Waals surface area contributed by atoms with E-state index in [9.17, 15) is 10.2 Å². The first-order valence-corrected chi connectivity index (χ1v) is 11.5. The topological polar surface area (TPSA) is 103 Å². The summed E-state index contributed by atoms with van der Waals surface area (Å²) in [6.07, 6.45) is 3.43. The molecule has 0 bridgehead atoms. The lowest BCUT2D eigenvalue weighted by Gasteiger charge is -2.38. The van der Waals surface area contributed by atoms with E-state index in [0.717, 1.165) is 36.4 Å². The molecule has 162 valence electrons. The van der Waals surface area contributed by atoms with Crippen molar-refractivity contribution in [2.75, 3.05) is 31.2 Å². The molecule has 2 saturated heterocycles. The number of imidazole rings is 1. The van der Waals surface area contributed by atoms with Gasteiger partial charge < -0.3 is 29.6 Å². The van der Waals surface area contributed by atoms with Crippen LogP contribution in [-0.4, -0.2) is 58.5 Å². The molecule has 2 aliphatic rings. The highest BCUT2D eigenvalue weighted by Crippen LogP contribution is 2.41. The number of aromatic hydroxyl groups is 2. The fraction of sp³-hybridized carbons (Fsp3) is 0.333. The zero-order valence-corrected chi connectivity index (χ0v) is 19.6. The van der Waals surface area contributed by atoms with Gasteiger partial charge >= 0.3 is 0 Å². The molecule has 2 aromatic carbocycles. The first-order valence-electron chi connectivity index (χ1n) is 9.91. The smallest absolute Gasteiger partial charge is 0.204 e. The molecular formula is C21H20Br2N4O4. The van der Waals surface area contributed by atoms with E-state index in [0.29, 0.717) is 35.5 Å². The van der Waals surface area contributed by atoms with E-state index >= 15 is 0 Å². The maximum Gasteiger partial charge on any atom is 0.204 e. The summed E-state index contributed by atoms with van der Waals surface area (Å²) in [7, 11) is 0. The number of aromatic nitrogens is 2. The molecule has 5 rings (SSSR count). The number of hydrogen-bond acceptors (Lipinski definition) is 7. The maximum absolute atomic E-state index is 10.2. The summed E-state index contributed by atoms with van der Waals surface area (Å²) in [5.74, 6) is 0.137. The second kappa shape index (κ2) is 8.09. The maximum atomic E-state index is 10.2. The van der Waals surface area contributed by atoms with Gasteiger partial charge in [0.25, 0.3) is 0 Å². The number of H-pyrrole nitrogens is 1. The van der Waals surface area contributed by atoms with Crippen molar-refractivity contribution in [3.8, 4) is 11.5 Å². The second-order valence-corrected chi connectivity index (χ2v) is 9.26. The Balaban J connectivity index is 1.39. The number of anilines is 1. The predicted octanol–water partition coefficient (Wildman–Crippen LogP) is 4.59. The van der Waals surface area contributed by atoms with Crippen LogP contribution in [0.5, 0.6) is 11.5 Å². The standard InChI is InChI=1S/C21H20Br2N4O4/c22-14-8-12(18(28)17(23)19(14)29)10-24-13-2-3-15-16(9-13)26-20(25-15)27-5-1-4-21(11-27)30-6-7-31-21/h2-3,8-10,28-29H,1,4-7,11H2,(H,25,26). The summed E-state index contributed by atoms with van der Waals surface area (Å²) < 4.78 is 12.4. The Labute approximate surface area is 195 Å². The summed E-state index contributed by atoms with van der Waals surface area (Å²) >= 11 is 6.44. The highest BCUT2D eigenvalue weighted by atomic mass is 79.9. The Morgan fingerprint density at radius 3 is 2.77 bits per heavy atom. The Morgan fingerprint density at radius 2 is 1.97 bits per heavy atom. The summed E-state index contributed by atoms with van der Waals surface area (Å²) in [6.45, 7) is 2.82. The summed E-state index contributed by atoms with van der Waals surface area (Å²) in [5.41, 5.74) is 2.90. The van der Waals surface area contributed by atoms with E-state index in [1.165, 1.54) is 0 Å². The largest absolute Gasteiger partial charge is 0.506 e. The van der Waals surface area contributed by atoms with Crippen LogP contribution < -0.4 is 4.90 Å². The fourth-order valence-electron chi connectivity index (χ4n) is 3.98. The van der Waals surface area contributed by atoms with Crippen molar-refractivity contribution in [2.24, 2.45) is 4.99 Å². The van der Waals surface area contributed by atoms with Gasteiger partial charge in [-0.25, -0.2) is 4.98 Å². The number of aromatic amines is 1. The molecule has 1 spiro atoms. The summed E-state index contributed by atoms with van der Waals surface area (Å²) in [5, 5.41) is 20.1. The molecule has 0 saturated carbocycles. The summed E-state index contributed by atoms with van der Waals surface area (Å²) in [6, 6.07) is 7.29. The molecule has 2 fully saturated rings. The first-order chi connectivity index (χ1) is 14.9. The van der Waals surface area contributed by atoms with E-state index in [4.69, 9.17) is 14.5 Å². The number of fused-ring (bicyclic) bond motifs is 1. The van der Waals surface area contributed by atoms with Crippen molar-refractivity contribution in [3.63, 3.8) is 0 Å². The second-order valence-electron chi connectivity index (χ2n) is 7.61. The molecule has 3 aromatic rings. The van der Waals surface area contributed by atoms with E-state index in [1.807, 2.05) is 18.2 Å². The van der Waals surface area contributed by atoms with Crippen LogP contribution in [0.2, 0.25) is 0 Å². The van der Waals surface area contributed by atoms with Gasteiger partial charge in [-0.1, -0.05) is 0 Å². The monoisotopic (exact) mass is 550 g/mol. The van der Waals surface area contributed by atoms with Gasteiger partial charge in [0, 0.05) is 24.7 Å². The third kappa shape index (κ3) is 3.93. The quantitative estimate of drug-likeness (QED) is 0.411. The number of hydrogen-bond donors (Lipinski definition) is 3. The number of nitrogens with one attached hydrogen (secondary N) is 1. The summed E-state index contributed by atoms with van der Waals surface area (Å²) in [4.78, 5) is 14.7. The van der Waals surface area contributed by atoms with Crippen molar-refractivity contribution in [3.05, 3.63) is 38.8 Å². The van der Waals surface area contributed by atoms with Crippen LogP contribution in [0.15, 0.2) is 38.2 Å². The molecule has 0 aliphatic carbocycles. The molecule has 1 aromatic heterocycles. The average Bonchev–Trinajstić information content (AvgIpc) is 3.40. The molecule has 3 heterocycles. The number of phenolic OH excluding ortho intramolecular Hbond substituents is 2. The van der Waals surface area contributed by atoms with Crippen molar-refractivity contribution in [1.82, 2.24) is 9.97 Å². The van der Waals surface area contributed by atoms with E-state index in [-0.39, 0.29) is 16.0 Å². The molecule has 0 unspecified atom stereocenters. The van der Waals surface area contributed by atoms with Gasteiger partial charge in [-0.2, -0.15) is 0 Å². The zero-order valence-electron chi connectivity index (χ0n) is 16.4. The number of benzene rings is 2. The van der Waals surface area contributed by atoms with Crippen LogP contribution >= 0.6 is 31.9 Å². The molecule has 31 heavy (non-hydrogen) atoms. The molecule has 3 N–H and O–H groups in total. The lowest BCUT2D eigenvalue weighted by atomic mass is 10.1. The molecule has 2 aliphatic heterocycles. The highest BCUT2D eigenvalue weighted by molar-refractivity contribution is 9.11. The molecule has 0 radical (unpaired) electrons. The first kappa shape index (κ1) is 20.7. The van der Waals surface area contributed by atoms with Crippen LogP contribution in [0, 0.1) is 0 Å². The Hall–Kier alpha value is -2.14. The zero-order chi connectivity index (χ0) is 21.6. The number of piperidine rings is 1. The minimum atomic E-state index is -0.513. The average molecular weight is 552 g/mol. The highest BCUT2D eigenvalue weighted by Gasteiger charge is 2.41. The Kier molecular flexibility index (Phi) is 5.41. The van der Waals surface area contributed by atoms with Crippen LogP contribution in [0.25, 0.3) is 11.0 Å². The molecular weight excluding hydrogens is 532 g/mol. The van der Waals surface area contributed by atoms with E-state index < -0.39 is 5.79 Å². The number of nitrogens with zero attached hydrogens (tertiary/aromatic N) is 3. The van der Waals surface area contributed by atoms with Crippen LogP contribution in [-0.2, 0) is 9.47 Å².